The third-order valence-electron chi connectivity index (χ3n) is 3.19. The monoisotopic (exact) mass is 384 g/mol. The van der Waals surface area contributed by atoms with E-state index in [9.17, 15) is 0 Å². The third-order valence-corrected chi connectivity index (χ3v) is 3.19. The van der Waals surface area contributed by atoms with Gasteiger partial charge in [0.15, 0.2) is 0 Å². The van der Waals surface area contributed by atoms with Gasteiger partial charge in [-0.25, -0.2) is 0 Å². The first-order valence-electron chi connectivity index (χ1n) is 9.24. The minimum Gasteiger partial charge on any atom is -0.652 e. The van der Waals surface area contributed by atoms with Crippen molar-refractivity contribution in [2.45, 2.75) is 54.4 Å². The van der Waals surface area contributed by atoms with Crippen LogP contribution >= 0.6 is 0 Å². The van der Waals surface area contributed by atoms with Gasteiger partial charge in [-0.15, -0.1) is 0 Å². The van der Waals surface area contributed by atoms with E-state index >= 15 is 0 Å². The first-order valence-corrected chi connectivity index (χ1v) is 9.24. The molecule has 0 aliphatic rings. The lowest BCUT2D eigenvalue weighted by molar-refractivity contribution is -0.955. The summed E-state index contributed by atoms with van der Waals surface area (Å²) < 4.78 is 21.5. The summed E-state index contributed by atoms with van der Waals surface area (Å²) >= 11 is 0. The summed E-state index contributed by atoms with van der Waals surface area (Å²) in [6.45, 7) is 17.0. The number of quaternary nitrogens is 2. The highest BCUT2D eigenvalue weighted by atomic mass is 16.7. The summed E-state index contributed by atoms with van der Waals surface area (Å²) in [5, 5.41) is 16.7. The largest absolute Gasteiger partial charge is 0.652 e. The van der Waals surface area contributed by atoms with E-state index in [2.05, 4.69) is 27.9 Å². The highest BCUT2D eigenvalue weighted by Gasteiger charge is 2.16. The number of hydrogen-bond acceptors (Lipinski definition) is 7. The molecule has 0 aliphatic carbocycles. The molecule has 2 atom stereocenters. The first-order chi connectivity index (χ1) is 12.2. The summed E-state index contributed by atoms with van der Waals surface area (Å²) in [4.78, 5) is 10.8. The Bertz CT molecular complexity index is 258. The van der Waals surface area contributed by atoms with E-state index in [-0.39, 0.29) is 12.8 Å². The van der Waals surface area contributed by atoms with Crippen molar-refractivity contribution in [1.29, 1.82) is 0 Å². The van der Waals surface area contributed by atoms with Crippen LogP contribution in [0.15, 0.2) is 0 Å². The molecule has 0 aromatic rings. The molecule has 0 saturated carbocycles. The molecule has 0 saturated heterocycles. The van der Waals surface area contributed by atoms with Gasteiger partial charge in [-0.2, -0.15) is 0 Å². The van der Waals surface area contributed by atoms with Crippen LogP contribution in [0, 0.1) is 0 Å². The minimum atomic E-state index is -2.33. The van der Waals surface area contributed by atoms with Gasteiger partial charge in [0.1, 0.15) is 0 Å². The number of nitrogens with one attached hydrogen (secondary N) is 2. The topological polar surface area (TPSA) is 109 Å². The predicted molar refractivity (Wildman–Crippen MR) is 94.3 cm³/mol. The maximum atomic E-state index is 8.33. The van der Waals surface area contributed by atoms with Gasteiger partial charge in [-0.05, 0) is 47.7 Å². The van der Waals surface area contributed by atoms with E-state index in [0.717, 1.165) is 13.1 Å². The zero-order valence-electron chi connectivity index (χ0n) is 17.8. The molecule has 0 aliphatic heterocycles. The zero-order chi connectivity index (χ0) is 21.0. The summed E-state index contributed by atoms with van der Waals surface area (Å²) in [6, 6.07) is 0. The molecule has 0 fully saturated rings. The lowest BCUT2D eigenvalue weighted by Crippen LogP contribution is -3.13. The number of carboxylic acid groups (broad SMARTS) is 2. The molecule has 0 aromatic carbocycles. The summed E-state index contributed by atoms with van der Waals surface area (Å²) in [7, 11) is 4.13. The van der Waals surface area contributed by atoms with Gasteiger partial charge in [-0.1, -0.05) is 0 Å². The van der Waals surface area contributed by atoms with Crippen LogP contribution < -0.4 is 20.0 Å². The second kappa shape index (κ2) is 22.1. The Morgan fingerprint density at radius 1 is 0.692 bits per heavy atom. The fraction of sp³-hybridized carbons (Fsp3) is 0.941. The third kappa shape index (κ3) is 21.1. The highest BCUT2D eigenvalue weighted by Crippen LogP contribution is 1.85. The lowest BCUT2D eigenvalue weighted by Gasteiger charge is -2.22. The Hall–Kier alpha value is -0.970. The van der Waals surface area contributed by atoms with Crippen LogP contribution in [-0.4, -0.2) is 72.6 Å². The van der Waals surface area contributed by atoms with Crippen molar-refractivity contribution < 1.29 is 43.8 Å². The molecule has 0 aromatic heterocycles. The Morgan fingerprint density at radius 3 is 1.00 bits per heavy atom. The average molecular weight is 385 g/mol. The van der Waals surface area contributed by atoms with Crippen molar-refractivity contribution in [2.24, 2.45) is 0 Å². The molecule has 9 nitrogen and oxygen atoms in total. The van der Waals surface area contributed by atoms with Crippen molar-refractivity contribution in [1.82, 2.24) is 0 Å². The van der Waals surface area contributed by atoms with Gasteiger partial charge in [0.25, 0.3) is 0 Å². The van der Waals surface area contributed by atoms with Crippen LogP contribution in [-0.2, 0) is 18.9 Å². The molecule has 2 N–H and O–H groups in total. The van der Waals surface area contributed by atoms with Gasteiger partial charge in [0.2, 0.25) is 0 Å². The predicted octanol–water partition coefficient (Wildman–Crippen LogP) is -2.69. The zero-order valence-corrected chi connectivity index (χ0v) is 17.8. The number of ether oxygens (including phenoxy) is 4. The fourth-order valence-corrected chi connectivity index (χ4v) is 1.60. The molecule has 9 heteroatoms. The Kier molecular flexibility index (Phi) is 25.3. The summed E-state index contributed by atoms with van der Waals surface area (Å²) in [6.07, 6.45) is -2.51. The molecule has 0 radical (unpaired) electrons. The maximum absolute atomic E-state index is 8.33. The molecule has 26 heavy (non-hydrogen) atoms. The molecule has 0 bridgehead atoms. The summed E-state index contributed by atoms with van der Waals surface area (Å²) in [5.74, 6) is 0. The fourth-order valence-electron chi connectivity index (χ4n) is 1.60. The quantitative estimate of drug-likeness (QED) is 0.353. The maximum Gasteiger partial charge on any atom is 0.307 e. The van der Waals surface area contributed by atoms with Gasteiger partial charge in [-0.3, -0.25) is 9.80 Å². The molecule has 160 valence electrons. The van der Waals surface area contributed by atoms with Crippen molar-refractivity contribution in [3.05, 3.63) is 0 Å². The highest BCUT2D eigenvalue weighted by molar-refractivity contribution is 5.47. The van der Waals surface area contributed by atoms with Crippen LogP contribution in [0.25, 0.3) is 0 Å². The van der Waals surface area contributed by atoms with Crippen LogP contribution in [0.3, 0.4) is 0 Å². The second-order valence-corrected chi connectivity index (χ2v) is 5.14. The number of rotatable bonds is 12. The van der Waals surface area contributed by atoms with E-state index in [0.29, 0.717) is 26.4 Å². The van der Waals surface area contributed by atoms with Crippen LogP contribution in [0.2, 0.25) is 0 Å². The van der Waals surface area contributed by atoms with E-state index < -0.39 is 6.16 Å². The SMILES string of the molecule is CCOC(OCC)[NH+](C)CC.CCOC(OCC)[NH+](C)CC.O=C([O-])[O-]. The molecule has 0 heterocycles. The average Bonchev–Trinajstić information content (AvgIpc) is 2.60. The van der Waals surface area contributed by atoms with Gasteiger partial charge in [0.05, 0.1) is 53.6 Å². The summed E-state index contributed by atoms with van der Waals surface area (Å²) in [5.41, 5.74) is 0. The molecule has 0 amide bonds. The Labute approximate surface area is 158 Å². The van der Waals surface area contributed by atoms with E-state index in [4.69, 9.17) is 34.0 Å². The molecular formula is C17H40N2O7. The van der Waals surface area contributed by atoms with Crippen molar-refractivity contribution in [3.8, 4) is 0 Å². The van der Waals surface area contributed by atoms with E-state index in [1.807, 2.05) is 27.7 Å². The number of hydrogen-bond donors (Lipinski definition) is 2. The van der Waals surface area contributed by atoms with E-state index in [1.54, 1.807) is 0 Å². The number of carbonyl (C=O) groups excluding carboxylic acids is 1. The molecule has 0 rings (SSSR count). The van der Waals surface area contributed by atoms with Crippen LogP contribution in [0.1, 0.15) is 41.5 Å². The van der Waals surface area contributed by atoms with Crippen LogP contribution in [0.5, 0.6) is 0 Å². The molecular weight excluding hydrogens is 344 g/mol. The van der Waals surface area contributed by atoms with Crippen molar-refractivity contribution >= 4 is 6.16 Å². The van der Waals surface area contributed by atoms with Gasteiger partial charge in [0, 0.05) is 0 Å². The first kappa shape index (κ1) is 29.8. The smallest absolute Gasteiger partial charge is 0.307 e. The van der Waals surface area contributed by atoms with Crippen molar-refractivity contribution in [2.75, 3.05) is 53.6 Å². The van der Waals surface area contributed by atoms with Gasteiger partial charge >= 0.3 is 12.8 Å². The van der Waals surface area contributed by atoms with Crippen LogP contribution in [0.4, 0.5) is 4.79 Å². The van der Waals surface area contributed by atoms with E-state index in [1.165, 1.54) is 9.80 Å². The lowest BCUT2D eigenvalue weighted by atomic mass is 10.6. The standard InChI is InChI=1S/2C8H19NO2.CH2O3/c2*1-5-9(4)8(10-6-2)11-7-3;2-1(3)4/h2*8H,5-7H2,1-4H3;(H2,2,3,4). The second-order valence-electron chi connectivity index (χ2n) is 5.14. The Balaban J connectivity index is -0.000000338. The minimum absolute atomic E-state index is 0.0880. The van der Waals surface area contributed by atoms with Crippen molar-refractivity contribution in [3.63, 3.8) is 0 Å². The number of carbonyl (C=O) groups is 1. The Morgan fingerprint density at radius 2 is 0.885 bits per heavy atom. The normalized spacial score (nSPS) is 12.7. The molecule has 2 unspecified atom stereocenters. The van der Waals surface area contributed by atoms with Gasteiger partial charge < -0.3 is 34.0 Å². The molecule has 0 spiro atoms.